The van der Waals surface area contributed by atoms with Crippen LogP contribution in [0.4, 0.5) is 0 Å². The van der Waals surface area contributed by atoms with E-state index in [2.05, 4.69) is 270 Å². The Bertz CT molecular complexity index is 4550. The molecule has 13 aromatic rings. The molecule has 13 rings (SSSR count). The highest BCUT2D eigenvalue weighted by Gasteiger charge is 2.26. The molecule has 0 amide bonds. The number of hydrogen-bond acceptors (Lipinski definition) is 0. The Morgan fingerprint density at radius 1 is 0.311 bits per heavy atom. The maximum atomic E-state index is 4.63. The lowest BCUT2D eigenvalue weighted by atomic mass is 9.80. The fourth-order valence-electron chi connectivity index (χ4n) is 12.2. The highest BCUT2D eigenvalue weighted by atomic mass is 15.0. The van der Waals surface area contributed by atoms with Crippen LogP contribution < -0.4 is 0 Å². The quantitative estimate of drug-likeness (QED) is 0.156. The largest absolute Gasteiger partial charge is 0.309 e. The van der Waals surface area contributed by atoms with Gasteiger partial charge in [-0.2, -0.15) is 0 Å². The Balaban J connectivity index is 1.31. The monoisotopic (exact) mass is 950 g/mol. The van der Waals surface area contributed by atoms with Crippen LogP contribution >= 0.6 is 0 Å². The molecule has 0 aliphatic carbocycles. The number of rotatable bonds is 4. The molecule has 11 aromatic carbocycles. The number of benzene rings is 11. The van der Waals surface area contributed by atoms with Crippen molar-refractivity contribution in [2.75, 3.05) is 0 Å². The summed E-state index contributed by atoms with van der Waals surface area (Å²) in [6.45, 7) is 23.2. The zero-order valence-corrected chi connectivity index (χ0v) is 43.1. The van der Waals surface area contributed by atoms with E-state index in [9.17, 15) is 0 Å². The zero-order chi connectivity index (χ0) is 50.6. The van der Waals surface area contributed by atoms with Gasteiger partial charge in [-0.3, -0.25) is 0 Å². The van der Waals surface area contributed by atoms with Gasteiger partial charge >= 0.3 is 0 Å². The van der Waals surface area contributed by atoms with Gasteiger partial charge in [-0.15, -0.1) is 0 Å². The number of fused-ring (bicyclic) bond motifs is 12. The van der Waals surface area contributed by atoms with Crippen molar-refractivity contribution in [2.45, 2.75) is 52.4 Å². The van der Waals surface area contributed by atoms with Gasteiger partial charge in [-0.25, -0.2) is 0 Å². The van der Waals surface area contributed by atoms with Crippen LogP contribution in [0.3, 0.4) is 0 Å². The fraction of sp³-hybridized carbons (Fsp3) is 0.111. The first-order chi connectivity index (χ1) is 35.9. The van der Waals surface area contributed by atoms with Crippen molar-refractivity contribution < 1.29 is 0 Å². The number of para-hydroxylation sites is 3. The Kier molecular flexibility index (Phi) is 10.3. The third-order valence-electron chi connectivity index (χ3n) is 15.7. The molecule has 2 heterocycles. The van der Waals surface area contributed by atoms with Gasteiger partial charge in [0.2, 0.25) is 0 Å². The van der Waals surface area contributed by atoms with E-state index in [1.165, 1.54) is 86.5 Å². The normalized spacial score (nSPS) is 12.3. The minimum Gasteiger partial charge on any atom is -0.309 e. The molecule has 0 N–H and O–H groups in total. The van der Waals surface area contributed by atoms with Crippen molar-refractivity contribution in [1.29, 1.82) is 0 Å². The molecule has 74 heavy (non-hydrogen) atoms. The summed E-state index contributed by atoms with van der Waals surface area (Å²) in [4.78, 5) is 0. The summed E-state index contributed by atoms with van der Waals surface area (Å²) in [6, 6.07) is 77.4. The Hall–Kier alpha value is -8.72. The van der Waals surface area contributed by atoms with Crippen LogP contribution in [0.1, 0.15) is 63.9 Å². The van der Waals surface area contributed by atoms with Crippen molar-refractivity contribution >= 4 is 120 Å². The Morgan fingerprint density at radius 2 is 0.608 bits per heavy atom. The second-order valence-corrected chi connectivity index (χ2v) is 22.1. The number of aromatic nitrogens is 2. The van der Waals surface area contributed by atoms with Crippen LogP contribution in [0, 0.1) is 0 Å². The SMILES string of the molecule is C=Cc1c(C=C)n(-c2cc3cc(C(C)(C)C)cc4c(-n5c6ccccc6c6ccccc6c6ccccc6c6ccccc65)cc5cc(C(C)(C)C)cc2c5c34)c2ccccc2c2ccccc2c2ccccc12. The van der Waals surface area contributed by atoms with Crippen molar-refractivity contribution in [3.05, 3.63) is 242 Å². The van der Waals surface area contributed by atoms with E-state index in [1.807, 2.05) is 12.2 Å². The van der Waals surface area contributed by atoms with E-state index in [0.29, 0.717) is 0 Å². The standard InChI is InChI=1S/C72H58N2/c1-9-49-50-25-11-12-26-51(50)52-27-13-16-30-55(52)58-33-19-22-36-64(58)73(63(49)10-2)67-41-45-39-48(72(6,7)8)44-62-68(42-46-40-47(71(3,4)5)43-61(67)69(46)70(45)62)74-65-37-23-20-34-59(65)56-31-17-14-28-53(56)54-29-15-18-32-57(54)60-35-21-24-38-66(60)74/h9-44H,1-2H2,3-8H3. The van der Waals surface area contributed by atoms with Crippen LogP contribution in [0.5, 0.6) is 0 Å². The maximum Gasteiger partial charge on any atom is 0.0547 e. The summed E-state index contributed by atoms with van der Waals surface area (Å²) in [5.41, 5.74) is 9.76. The van der Waals surface area contributed by atoms with Crippen LogP contribution in [0.25, 0.3) is 132 Å². The van der Waals surface area contributed by atoms with Crippen LogP contribution in [0.15, 0.2) is 219 Å². The Labute approximate surface area is 432 Å². The van der Waals surface area contributed by atoms with E-state index >= 15 is 0 Å². The molecule has 2 nitrogen and oxygen atoms in total. The van der Waals surface area contributed by atoms with Gasteiger partial charge in [0, 0.05) is 32.5 Å². The van der Waals surface area contributed by atoms with Gasteiger partial charge in [0.1, 0.15) is 0 Å². The molecule has 0 bridgehead atoms. The lowest BCUT2D eigenvalue weighted by Crippen LogP contribution is -2.13. The molecule has 0 atom stereocenters. The van der Waals surface area contributed by atoms with Crippen molar-refractivity contribution in [3.8, 4) is 11.4 Å². The van der Waals surface area contributed by atoms with E-state index < -0.39 is 0 Å². The van der Waals surface area contributed by atoms with Gasteiger partial charge in [0.15, 0.2) is 0 Å². The second-order valence-electron chi connectivity index (χ2n) is 22.1. The molecule has 0 saturated carbocycles. The highest BCUT2D eigenvalue weighted by Crippen LogP contribution is 2.47. The summed E-state index contributed by atoms with van der Waals surface area (Å²) in [7, 11) is 0. The fourth-order valence-corrected chi connectivity index (χ4v) is 12.2. The first kappa shape index (κ1) is 45.2. The van der Waals surface area contributed by atoms with Crippen molar-refractivity contribution in [3.63, 3.8) is 0 Å². The Morgan fingerprint density at radius 3 is 0.959 bits per heavy atom. The van der Waals surface area contributed by atoms with Crippen molar-refractivity contribution in [2.24, 2.45) is 0 Å². The summed E-state index contributed by atoms with van der Waals surface area (Å²) < 4.78 is 5.08. The third kappa shape index (κ3) is 6.92. The molecule has 356 valence electrons. The van der Waals surface area contributed by atoms with Gasteiger partial charge in [-0.05, 0) is 135 Å². The van der Waals surface area contributed by atoms with E-state index in [4.69, 9.17) is 0 Å². The van der Waals surface area contributed by atoms with Crippen LogP contribution in [-0.2, 0) is 10.8 Å². The van der Waals surface area contributed by atoms with Crippen molar-refractivity contribution in [1.82, 2.24) is 9.13 Å². The first-order valence-electron chi connectivity index (χ1n) is 26.0. The van der Waals surface area contributed by atoms with E-state index in [1.54, 1.807) is 0 Å². The summed E-state index contributed by atoms with van der Waals surface area (Å²) in [5.74, 6) is 0. The third-order valence-corrected chi connectivity index (χ3v) is 15.7. The molecule has 0 saturated heterocycles. The van der Waals surface area contributed by atoms with Crippen LogP contribution in [-0.4, -0.2) is 9.13 Å². The topological polar surface area (TPSA) is 9.86 Å². The van der Waals surface area contributed by atoms with Gasteiger partial charge in [-0.1, -0.05) is 225 Å². The van der Waals surface area contributed by atoms with E-state index in [-0.39, 0.29) is 10.8 Å². The molecule has 2 aromatic heterocycles. The lowest BCUT2D eigenvalue weighted by Gasteiger charge is -2.27. The zero-order valence-electron chi connectivity index (χ0n) is 43.1. The molecule has 0 radical (unpaired) electrons. The molecule has 2 heteroatoms. The van der Waals surface area contributed by atoms with Crippen LogP contribution in [0.2, 0.25) is 0 Å². The molecule has 0 unspecified atom stereocenters. The summed E-state index contributed by atoms with van der Waals surface area (Å²) in [6.07, 6.45) is 4.07. The molecular weight excluding hydrogens is 893 g/mol. The minimum absolute atomic E-state index is 0.177. The number of hydrogen-bond donors (Lipinski definition) is 0. The smallest absolute Gasteiger partial charge is 0.0547 e. The molecule has 0 aliphatic rings. The van der Waals surface area contributed by atoms with Gasteiger partial charge < -0.3 is 9.13 Å². The lowest BCUT2D eigenvalue weighted by molar-refractivity contribution is 0.591. The average Bonchev–Trinajstić information content (AvgIpc) is 3.53. The maximum absolute atomic E-state index is 4.63. The number of nitrogens with zero attached hydrogens (tertiary/aromatic N) is 2. The van der Waals surface area contributed by atoms with Gasteiger partial charge in [0.05, 0.1) is 33.6 Å². The highest BCUT2D eigenvalue weighted by molar-refractivity contribution is 6.29. The summed E-state index contributed by atoms with van der Waals surface area (Å²) >= 11 is 0. The molecule has 0 fully saturated rings. The molecular formula is C72H58N2. The van der Waals surface area contributed by atoms with Gasteiger partial charge in [0.25, 0.3) is 0 Å². The first-order valence-corrected chi connectivity index (χ1v) is 26.0. The molecule has 0 aliphatic heterocycles. The molecule has 0 spiro atoms. The second kappa shape index (κ2) is 16.9. The predicted octanol–water partition coefficient (Wildman–Crippen LogP) is 20.4. The average molecular weight is 951 g/mol. The minimum atomic E-state index is -0.181. The summed E-state index contributed by atoms with van der Waals surface area (Å²) in [5, 5.41) is 20.3. The predicted molar refractivity (Wildman–Crippen MR) is 324 cm³/mol. The van der Waals surface area contributed by atoms with E-state index in [0.717, 1.165) is 55.3 Å².